The van der Waals surface area contributed by atoms with Gasteiger partial charge in [-0.25, -0.2) is 0 Å². The Hall–Kier alpha value is 0.680. The van der Waals surface area contributed by atoms with Crippen LogP contribution in [-0.2, 0) is 20.9 Å². The molecule has 1 aromatic rings. The number of hydrogen-bond acceptors (Lipinski definition) is 5. The summed E-state index contributed by atoms with van der Waals surface area (Å²) < 4.78 is 16.1. The zero-order valence-corrected chi connectivity index (χ0v) is 14.9. The highest BCUT2D eigenvalue weighted by atomic mass is 35.5. The molecule has 0 N–H and O–H groups in total. The molecule has 110 valence electrons. The van der Waals surface area contributed by atoms with Crippen molar-refractivity contribution in [1.29, 1.82) is 0 Å². The van der Waals surface area contributed by atoms with E-state index in [1.807, 2.05) is 0 Å². The largest absolute Gasteiger partial charge is 0.404 e. The summed E-state index contributed by atoms with van der Waals surface area (Å²) in [6.45, 7) is 1.37. The molecule has 1 heterocycles. The van der Waals surface area contributed by atoms with Gasteiger partial charge in [-0.1, -0.05) is 34.8 Å². The molecule has 0 aliphatic rings. The fraction of sp³-hybridized carbons (Fsp3) is 0.444. The van der Waals surface area contributed by atoms with Crippen LogP contribution in [0.4, 0.5) is 0 Å². The topological polar surface area (TPSA) is 40.6 Å². The Morgan fingerprint density at radius 2 is 1.68 bits per heavy atom. The first kappa shape index (κ1) is 19.7. The molecule has 19 heavy (non-hydrogen) atoms. The summed E-state index contributed by atoms with van der Waals surface area (Å²) >= 11 is 22.7. The molecule has 0 saturated heterocycles. The normalized spacial score (nSPS) is 11.0. The Morgan fingerprint density at radius 1 is 1.16 bits per heavy atom. The zero-order chi connectivity index (χ0) is 13.8. The van der Waals surface area contributed by atoms with Crippen molar-refractivity contribution in [2.24, 2.45) is 0 Å². The Morgan fingerprint density at radius 3 is 2.16 bits per heavy atom. The molecule has 0 atom stereocenters. The van der Waals surface area contributed by atoms with Gasteiger partial charge in [-0.05, 0) is 19.9 Å². The van der Waals surface area contributed by atoms with Gasteiger partial charge in [0.1, 0.15) is 5.02 Å². The maximum Gasteiger partial charge on any atom is 0.381 e. The predicted molar refractivity (Wildman–Crippen MR) is 84.7 cm³/mol. The van der Waals surface area contributed by atoms with E-state index in [1.54, 1.807) is 13.8 Å². The van der Waals surface area contributed by atoms with Crippen LogP contribution in [0, 0.1) is 0 Å². The van der Waals surface area contributed by atoms with Crippen LogP contribution in [0.5, 0.6) is 5.88 Å². The summed E-state index contributed by atoms with van der Waals surface area (Å²) in [5.74, 6) is 0.0521. The van der Waals surface area contributed by atoms with Crippen molar-refractivity contribution < 1.29 is 13.6 Å². The molecule has 0 fully saturated rings. The Kier molecular flexibility index (Phi) is 9.17. The van der Waals surface area contributed by atoms with E-state index in [0.717, 1.165) is 0 Å². The lowest BCUT2D eigenvalue weighted by atomic mass is 10.5. The van der Waals surface area contributed by atoms with Crippen molar-refractivity contribution in [1.82, 2.24) is 4.98 Å². The van der Waals surface area contributed by atoms with Crippen LogP contribution in [0.2, 0.25) is 15.2 Å². The molecular formula is C9H12Cl4NO3PS. The lowest BCUT2D eigenvalue weighted by molar-refractivity contribution is 0.216. The molecular weight excluding hydrogens is 375 g/mol. The minimum absolute atomic E-state index is 0. The van der Waals surface area contributed by atoms with Gasteiger partial charge in [0.15, 0.2) is 5.15 Å². The van der Waals surface area contributed by atoms with E-state index in [2.05, 4.69) is 4.98 Å². The Balaban J connectivity index is 0.00000324. The molecule has 0 radical (unpaired) electrons. The molecule has 0 aliphatic heterocycles. The highest BCUT2D eigenvalue weighted by Gasteiger charge is 2.24. The summed E-state index contributed by atoms with van der Waals surface area (Å²) in [7, 11) is 0. The van der Waals surface area contributed by atoms with E-state index < -0.39 is 6.72 Å². The van der Waals surface area contributed by atoms with E-state index in [9.17, 15) is 0 Å². The van der Waals surface area contributed by atoms with Gasteiger partial charge in [-0.15, -0.1) is 12.4 Å². The molecule has 0 bridgehead atoms. The molecule has 10 heteroatoms. The van der Waals surface area contributed by atoms with Crippen LogP contribution >= 0.6 is 53.9 Å². The fourth-order valence-corrected chi connectivity index (χ4v) is 3.59. The van der Waals surface area contributed by atoms with Crippen molar-refractivity contribution in [2.45, 2.75) is 13.8 Å². The Labute approximate surface area is 138 Å². The van der Waals surface area contributed by atoms with Crippen molar-refractivity contribution in [2.75, 3.05) is 13.2 Å². The second-order valence-electron chi connectivity index (χ2n) is 2.92. The second-order valence-corrected chi connectivity index (χ2v) is 7.03. The van der Waals surface area contributed by atoms with E-state index in [-0.39, 0.29) is 33.5 Å². The SMILES string of the molecule is CCOP(=S)(OCC)Oc1nc(Cl)c(Cl)cc1Cl.Cl. The van der Waals surface area contributed by atoms with E-state index >= 15 is 0 Å². The predicted octanol–water partition coefficient (Wildman–Crippen LogP) is 5.14. The number of halogens is 4. The van der Waals surface area contributed by atoms with Gasteiger partial charge in [-0.2, -0.15) is 4.98 Å². The first-order valence-electron chi connectivity index (χ1n) is 5.02. The zero-order valence-electron chi connectivity index (χ0n) is 10.1. The minimum atomic E-state index is -2.92. The van der Waals surface area contributed by atoms with Gasteiger partial charge in [-0.3, -0.25) is 9.05 Å². The standard InChI is InChI=1S/C9H11Cl3NO3PS.ClH/c1-3-14-17(18,15-4-2)16-9-7(11)5-6(10)8(12)13-9;/h5H,3-4H2,1-2H3;1H. The van der Waals surface area contributed by atoms with Crippen molar-refractivity contribution >= 4 is 65.7 Å². The van der Waals surface area contributed by atoms with Crippen LogP contribution in [0.1, 0.15) is 13.8 Å². The molecule has 0 spiro atoms. The van der Waals surface area contributed by atoms with Crippen LogP contribution < -0.4 is 4.52 Å². The van der Waals surface area contributed by atoms with Gasteiger partial charge in [0.05, 0.1) is 18.2 Å². The average molecular weight is 387 g/mol. The molecule has 1 aromatic heterocycles. The van der Waals surface area contributed by atoms with Crippen molar-refractivity contribution in [3.63, 3.8) is 0 Å². The molecule has 4 nitrogen and oxygen atoms in total. The van der Waals surface area contributed by atoms with Gasteiger partial charge in [0.25, 0.3) is 0 Å². The van der Waals surface area contributed by atoms with Crippen molar-refractivity contribution in [3.05, 3.63) is 21.3 Å². The quantitative estimate of drug-likeness (QED) is 0.500. The third-order valence-electron chi connectivity index (χ3n) is 1.63. The monoisotopic (exact) mass is 385 g/mol. The number of nitrogens with zero attached hydrogens (tertiary/aromatic N) is 1. The van der Waals surface area contributed by atoms with Gasteiger partial charge in [0, 0.05) is 11.8 Å². The summed E-state index contributed by atoms with van der Waals surface area (Å²) in [6.07, 6.45) is 0. The van der Waals surface area contributed by atoms with E-state index in [0.29, 0.717) is 13.2 Å². The highest BCUT2D eigenvalue weighted by molar-refractivity contribution is 8.07. The van der Waals surface area contributed by atoms with Crippen molar-refractivity contribution in [3.8, 4) is 5.88 Å². The lowest BCUT2D eigenvalue weighted by Crippen LogP contribution is -2.03. The van der Waals surface area contributed by atoms with Gasteiger partial charge >= 0.3 is 6.72 Å². The highest BCUT2D eigenvalue weighted by Crippen LogP contribution is 2.51. The molecule has 0 aliphatic carbocycles. The number of pyridine rings is 1. The lowest BCUT2D eigenvalue weighted by Gasteiger charge is -2.20. The van der Waals surface area contributed by atoms with Crippen LogP contribution in [-0.4, -0.2) is 18.2 Å². The maximum absolute atomic E-state index is 5.94. The van der Waals surface area contributed by atoms with Gasteiger partial charge in [0.2, 0.25) is 5.88 Å². The molecule has 0 saturated carbocycles. The van der Waals surface area contributed by atoms with E-state index in [1.165, 1.54) is 6.07 Å². The number of rotatable bonds is 6. The molecule has 0 aromatic carbocycles. The summed E-state index contributed by atoms with van der Waals surface area (Å²) in [4.78, 5) is 3.90. The van der Waals surface area contributed by atoms with Crippen LogP contribution in [0.3, 0.4) is 0 Å². The van der Waals surface area contributed by atoms with E-state index in [4.69, 9.17) is 60.2 Å². The fourth-order valence-electron chi connectivity index (χ4n) is 1.00. The third kappa shape index (κ3) is 5.90. The average Bonchev–Trinajstić information content (AvgIpc) is 2.26. The number of aromatic nitrogens is 1. The van der Waals surface area contributed by atoms with Crippen LogP contribution in [0.25, 0.3) is 0 Å². The summed E-state index contributed by atoms with van der Waals surface area (Å²) in [5.41, 5.74) is 0. The second kappa shape index (κ2) is 8.85. The van der Waals surface area contributed by atoms with Crippen LogP contribution in [0.15, 0.2) is 6.07 Å². The summed E-state index contributed by atoms with van der Waals surface area (Å²) in [5, 5.41) is 0.499. The summed E-state index contributed by atoms with van der Waals surface area (Å²) in [6, 6.07) is 1.42. The third-order valence-corrected chi connectivity index (χ3v) is 4.97. The smallest absolute Gasteiger partial charge is 0.381 e. The molecule has 0 unspecified atom stereocenters. The first-order valence-corrected chi connectivity index (χ1v) is 8.71. The number of hydrogen-bond donors (Lipinski definition) is 0. The Bertz CT molecular complexity index is 467. The maximum atomic E-state index is 5.94. The molecule has 0 amide bonds. The van der Waals surface area contributed by atoms with Gasteiger partial charge < -0.3 is 4.52 Å². The first-order chi connectivity index (χ1) is 8.41. The minimum Gasteiger partial charge on any atom is -0.404 e. The molecule has 1 rings (SSSR count).